The number of sulfonamides is 1. The van der Waals surface area contributed by atoms with Crippen LogP contribution >= 0.6 is 0 Å². The molecule has 0 aliphatic carbocycles. The van der Waals surface area contributed by atoms with Gasteiger partial charge in [-0.15, -0.1) is 0 Å². The van der Waals surface area contributed by atoms with E-state index in [9.17, 15) is 26.4 Å². The predicted octanol–water partition coefficient (Wildman–Crippen LogP) is 0.996. The minimum Gasteiger partial charge on any atom is -0.343 e. The van der Waals surface area contributed by atoms with E-state index in [1.165, 1.54) is 0 Å². The van der Waals surface area contributed by atoms with Gasteiger partial charge in [0.15, 0.2) is 0 Å². The number of nitrogens with one attached hydrogen (secondary N) is 2. The largest absolute Gasteiger partial charge is 0.405 e. The highest BCUT2D eigenvalue weighted by atomic mass is 32.2. The zero-order valence-electron chi connectivity index (χ0n) is 12.2. The Labute approximate surface area is 132 Å². The lowest BCUT2D eigenvalue weighted by atomic mass is 10.2. The number of rotatable bonds is 8. The van der Waals surface area contributed by atoms with Gasteiger partial charge in [0.05, 0.1) is 4.90 Å². The van der Waals surface area contributed by atoms with Gasteiger partial charge in [0, 0.05) is 12.1 Å². The monoisotopic (exact) mass is 353 g/mol. The Morgan fingerprint density at radius 3 is 2.26 bits per heavy atom. The molecule has 0 saturated heterocycles. The quantitative estimate of drug-likeness (QED) is 0.607. The molecule has 0 aliphatic rings. The number of hydrogen-bond acceptors (Lipinski definition) is 4. The minimum atomic E-state index is -4.51. The van der Waals surface area contributed by atoms with Crippen LogP contribution in [0.15, 0.2) is 29.2 Å². The third kappa shape index (κ3) is 6.97. The first-order chi connectivity index (χ1) is 10.7. The highest BCUT2D eigenvalue weighted by Crippen LogP contribution is 2.14. The van der Waals surface area contributed by atoms with E-state index in [-0.39, 0.29) is 17.0 Å². The molecule has 0 saturated carbocycles. The van der Waals surface area contributed by atoms with Crippen molar-refractivity contribution in [2.75, 3.05) is 19.6 Å². The average molecular weight is 353 g/mol. The summed E-state index contributed by atoms with van der Waals surface area (Å²) in [6, 6.07) is 4.63. The van der Waals surface area contributed by atoms with Crippen LogP contribution in [0.4, 0.5) is 13.2 Å². The molecule has 1 aromatic rings. The van der Waals surface area contributed by atoms with E-state index in [1.54, 1.807) is 5.32 Å². The Hall–Kier alpha value is -1.65. The molecule has 0 bridgehead atoms. The van der Waals surface area contributed by atoms with Gasteiger partial charge in [-0.2, -0.15) is 13.2 Å². The van der Waals surface area contributed by atoms with E-state index in [0.29, 0.717) is 19.4 Å². The summed E-state index contributed by atoms with van der Waals surface area (Å²) in [7, 11) is -3.72. The van der Waals surface area contributed by atoms with Gasteiger partial charge >= 0.3 is 6.18 Å². The molecule has 1 aromatic carbocycles. The van der Waals surface area contributed by atoms with Gasteiger partial charge in [0.1, 0.15) is 6.54 Å². The second kappa shape index (κ2) is 8.27. The van der Waals surface area contributed by atoms with E-state index in [0.717, 1.165) is 24.3 Å². The molecule has 0 heterocycles. The maximum Gasteiger partial charge on any atom is 0.405 e. The van der Waals surface area contributed by atoms with Crippen LogP contribution in [0, 0.1) is 0 Å². The molecule has 0 fully saturated rings. The number of carbonyl (C=O) groups excluding carboxylic acids is 1. The summed E-state index contributed by atoms with van der Waals surface area (Å²) >= 11 is 0. The van der Waals surface area contributed by atoms with E-state index in [4.69, 9.17) is 5.73 Å². The predicted molar refractivity (Wildman–Crippen MR) is 78.3 cm³/mol. The van der Waals surface area contributed by atoms with Crippen molar-refractivity contribution in [2.45, 2.75) is 23.9 Å². The molecule has 0 spiro atoms. The number of nitrogens with two attached hydrogens (primary N) is 1. The zero-order valence-corrected chi connectivity index (χ0v) is 13.0. The number of unbranched alkanes of at least 4 members (excludes halogenated alkanes) is 1. The van der Waals surface area contributed by atoms with E-state index < -0.39 is 28.7 Å². The molecule has 4 N–H and O–H groups in total. The highest BCUT2D eigenvalue weighted by molar-refractivity contribution is 7.89. The number of hydrogen-bond donors (Lipinski definition) is 3. The number of carbonyl (C=O) groups is 1. The number of benzene rings is 1. The Morgan fingerprint density at radius 1 is 1.13 bits per heavy atom. The summed E-state index contributed by atoms with van der Waals surface area (Å²) in [5.74, 6) is -0.929. The van der Waals surface area contributed by atoms with Crippen molar-refractivity contribution in [3.63, 3.8) is 0 Å². The number of amides is 1. The maximum atomic E-state index is 12.0. The SMILES string of the molecule is NCCCCNS(=O)(=O)c1ccc(C(=O)NCC(F)(F)F)cc1. The Bertz CT molecular complexity index is 616. The Balaban J connectivity index is 2.66. The summed E-state index contributed by atoms with van der Waals surface area (Å²) < 4.78 is 62.3. The molecular formula is C13H18F3N3O3S. The zero-order chi connectivity index (χ0) is 17.5. The van der Waals surface area contributed by atoms with Crippen LogP contribution in [-0.4, -0.2) is 40.1 Å². The molecule has 6 nitrogen and oxygen atoms in total. The van der Waals surface area contributed by atoms with Crippen molar-refractivity contribution in [3.8, 4) is 0 Å². The van der Waals surface area contributed by atoms with Gasteiger partial charge in [0.2, 0.25) is 10.0 Å². The molecule has 1 rings (SSSR count). The lowest BCUT2D eigenvalue weighted by molar-refractivity contribution is -0.123. The van der Waals surface area contributed by atoms with Crippen LogP contribution in [0.2, 0.25) is 0 Å². The number of alkyl halides is 3. The van der Waals surface area contributed by atoms with E-state index in [2.05, 4.69) is 4.72 Å². The van der Waals surface area contributed by atoms with Crippen LogP contribution < -0.4 is 15.8 Å². The van der Waals surface area contributed by atoms with Gasteiger partial charge < -0.3 is 11.1 Å². The van der Waals surface area contributed by atoms with E-state index >= 15 is 0 Å². The fourth-order valence-corrected chi connectivity index (χ4v) is 2.70. The van der Waals surface area contributed by atoms with Crippen molar-refractivity contribution in [1.29, 1.82) is 0 Å². The molecule has 0 radical (unpaired) electrons. The summed E-state index contributed by atoms with van der Waals surface area (Å²) in [6.45, 7) is -0.759. The molecule has 10 heteroatoms. The first kappa shape index (κ1) is 19.4. The van der Waals surface area contributed by atoms with Crippen LogP contribution in [0.25, 0.3) is 0 Å². The summed E-state index contributed by atoms with van der Waals surface area (Å²) in [4.78, 5) is 11.4. The van der Waals surface area contributed by atoms with Crippen molar-refractivity contribution in [1.82, 2.24) is 10.0 Å². The third-order valence-electron chi connectivity index (χ3n) is 2.80. The van der Waals surface area contributed by atoms with Crippen LogP contribution in [0.3, 0.4) is 0 Å². The first-order valence-corrected chi connectivity index (χ1v) is 8.29. The molecule has 0 atom stereocenters. The third-order valence-corrected chi connectivity index (χ3v) is 4.28. The second-order valence-electron chi connectivity index (χ2n) is 4.72. The molecule has 0 aromatic heterocycles. The topological polar surface area (TPSA) is 101 Å². The maximum absolute atomic E-state index is 12.0. The summed E-state index contributed by atoms with van der Waals surface area (Å²) in [5.41, 5.74) is 5.24. The van der Waals surface area contributed by atoms with Crippen LogP contribution in [0.5, 0.6) is 0 Å². The molecule has 130 valence electrons. The van der Waals surface area contributed by atoms with Crippen molar-refractivity contribution >= 4 is 15.9 Å². The lowest BCUT2D eigenvalue weighted by Crippen LogP contribution is -2.33. The smallest absolute Gasteiger partial charge is 0.343 e. The second-order valence-corrected chi connectivity index (χ2v) is 6.48. The number of halogens is 3. The molecule has 23 heavy (non-hydrogen) atoms. The Morgan fingerprint density at radius 2 is 1.74 bits per heavy atom. The summed E-state index contributed by atoms with van der Waals surface area (Å²) in [6.07, 6.45) is -3.24. The molecular weight excluding hydrogens is 335 g/mol. The molecule has 0 aliphatic heterocycles. The fourth-order valence-electron chi connectivity index (χ4n) is 1.63. The standard InChI is InChI=1S/C13H18F3N3O3S/c14-13(15,16)9-18-12(20)10-3-5-11(6-4-10)23(21,22)19-8-2-1-7-17/h3-6,19H,1-2,7-9,17H2,(H,18,20). The Kier molecular flexibility index (Phi) is 6.98. The van der Waals surface area contributed by atoms with Gasteiger partial charge in [-0.3, -0.25) is 4.79 Å². The highest BCUT2D eigenvalue weighted by Gasteiger charge is 2.28. The van der Waals surface area contributed by atoms with Crippen LogP contribution in [0.1, 0.15) is 23.2 Å². The van der Waals surface area contributed by atoms with Gasteiger partial charge in [0.25, 0.3) is 5.91 Å². The van der Waals surface area contributed by atoms with E-state index in [1.807, 2.05) is 0 Å². The van der Waals surface area contributed by atoms with Gasteiger partial charge in [-0.05, 0) is 43.7 Å². The molecule has 1 amide bonds. The van der Waals surface area contributed by atoms with Crippen molar-refractivity contribution in [2.24, 2.45) is 5.73 Å². The van der Waals surface area contributed by atoms with Gasteiger partial charge in [-0.1, -0.05) is 0 Å². The molecule has 0 unspecified atom stereocenters. The first-order valence-electron chi connectivity index (χ1n) is 6.80. The summed E-state index contributed by atoms with van der Waals surface area (Å²) in [5, 5.41) is 1.70. The van der Waals surface area contributed by atoms with Crippen LogP contribution in [-0.2, 0) is 10.0 Å². The lowest BCUT2D eigenvalue weighted by Gasteiger charge is -2.09. The average Bonchev–Trinajstić information content (AvgIpc) is 2.48. The van der Waals surface area contributed by atoms with Crippen molar-refractivity contribution < 1.29 is 26.4 Å². The van der Waals surface area contributed by atoms with Crippen molar-refractivity contribution in [3.05, 3.63) is 29.8 Å². The normalized spacial score (nSPS) is 12.2. The fraction of sp³-hybridized carbons (Fsp3) is 0.462. The minimum absolute atomic E-state index is 0.0590. The van der Waals surface area contributed by atoms with Gasteiger partial charge in [-0.25, -0.2) is 13.1 Å².